The Balaban J connectivity index is 2.00. The average molecular weight is 195 g/mol. The van der Waals surface area contributed by atoms with E-state index in [1.54, 1.807) is 24.5 Å². The number of carbonyl (C=O) groups is 1. The summed E-state index contributed by atoms with van der Waals surface area (Å²) in [6.45, 7) is 1.60. The van der Waals surface area contributed by atoms with E-state index in [9.17, 15) is 4.79 Å². The van der Waals surface area contributed by atoms with E-state index in [0.717, 1.165) is 22.2 Å². The number of rotatable bonds is 3. The smallest absolute Gasteiger partial charge is 0.171 e. The van der Waals surface area contributed by atoms with E-state index in [0.29, 0.717) is 0 Å². The molecule has 0 atom stereocenters. The van der Waals surface area contributed by atoms with Gasteiger partial charge in [0.1, 0.15) is 0 Å². The van der Waals surface area contributed by atoms with Crippen molar-refractivity contribution in [3.63, 3.8) is 0 Å². The Labute approximate surface area is 82.0 Å². The van der Waals surface area contributed by atoms with Crippen molar-refractivity contribution < 1.29 is 4.79 Å². The van der Waals surface area contributed by atoms with Crippen LogP contribution in [0.25, 0.3) is 0 Å². The average Bonchev–Trinajstić information content (AvgIpc) is 2.44. The van der Waals surface area contributed by atoms with Crippen LogP contribution in [0.5, 0.6) is 0 Å². The number of ketones is 1. The monoisotopic (exact) mass is 195 g/mol. The van der Waals surface area contributed by atoms with Gasteiger partial charge < -0.3 is 0 Å². The number of hydrogen-bond acceptors (Lipinski definition) is 3. The molecule has 0 N–H and O–H groups in total. The minimum Gasteiger partial charge on any atom is -0.294 e. The van der Waals surface area contributed by atoms with Crippen LogP contribution in [0, 0.1) is 5.92 Å². The third-order valence-electron chi connectivity index (χ3n) is 2.59. The zero-order valence-electron chi connectivity index (χ0n) is 7.75. The van der Waals surface area contributed by atoms with Gasteiger partial charge in [0.15, 0.2) is 5.78 Å². The van der Waals surface area contributed by atoms with E-state index < -0.39 is 0 Å². The Morgan fingerprint density at radius 3 is 2.92 bits per heavy atom. The van der Waals surface area contributed by atoms with Crippen molar-refractivity contribution in [2.45, 2.75) is 32.6 Å². The van der Waals surface area contributed by atoms with Crippen molar-refractivity contribution in [3.8, 4) is 0 Å². The summed E-state index contributed by atoms with van der Waals surface area (Å²) in [4.78, 5) is 16.1. The first-order valence-corrected chi connectivity index (χ1v) is 5.53. The highest BCUT2D eigenvalue weighted by molar-refractivity contribution is 7.13. The number of Topliss-reactive ketones (excluding diaryl/α,β-unsaturated/α-hetero) is 1. The lowest BCUT2D eigenvalue weighted by Gasteiger charge is -2.23. The van der Waals surface area contributed by atoms with Crippen LogP contribution < -0.4 is 0 Å². The molecule has 0 bridgehead atoms. The molecule has 1 aromatic heterocycles. The van der Waals surface area contributed by atoms with Crippen LogP contribution in [0.1, 0.15) is 40.9 Å². The van der Waals surface area contributed by atoms with E-state index in [-0.39, 0.29) is 5.78 Å². The third-order valence-corrected chi connectivity index (χ3v) is 3.71. The van der Waals surface area contributed by atoms with Gasteiger partial charge in [0, 0.05) is 19.5 Å². The second kappa shape index (κ2) is 3.58. The molecule has 0 amide bonds. The molecule has 13 heavy (non-hydrogen) atoms. The van der Waals surface area contributed by atoms with Gasteiger partial charge in [-0.25, -0.2) is 4.98 Å². The highest BCUT2D eigenvalue weighted by Gasteiger charge is 2.19. The number of carbonyl (C=O) groups excluding carboxylic acids is 1. The quantitative estimate of drug-likeness (QED) is 0.694. The fraction of sp³-hybridized carbons (Fsp3) is 0.600. The molecular formula is C10H13NOS. The standard InChI is InChI=1S/C10H13NOS/c1-7(12)9-6-11-10(13-9)5-8-3-2-4-8/h6,8H,2-5H2,1H3. The summed E-state index contributed by atoms with van der Waals surface area (Å²) in [5, 5.41) is 1.13. The van der Waals surface area contributed by atoms with Gasteiger partial charge in [0.05, 0.1) is 9.88 Å². The normalized spacial score (nSPS) is 17.0. The highest BCUT2D eigenvalue weighted by atomic mass is 32.1. The lowest BCUT2D eigenvalue weighted by atomic mass is 9.83. The van der Waals surface area contributed by atoms with Gasteiger partial charge in [-0.05, 0) is 5.92 Å². The van der Waals surface area contributed by atoms with Crippen LogP contribution >= 0.6 is 11.3 Å². The molecule has 0 aromatic carbocycles. The molecule has 1 aliphatic rings. The molecule has 2 rings (SSSR count). The first-order valence-electron chi connectivity index (χ1n) is 4.71. The van der Waals surface area contributed by atoms with Gasteiger partial charge in [-0.3, -0.25) is 4.79 Å². The summed E-state index contributed by atoms with van der Waals surface area (Å²) in [7, 11) is 0. The Kier molecular flexibility index (Phi) is 2.44. The highest BCUT2D eigenvalue weighted by Crippen LogP contribution is 2.30. The molecule has 0 aliphatic heterocycles. The maximum atomic E-state index is 11.0. The summed E-state index contributed by atoms with van der Waals surface area (Å²) in [6.07, 6.45) is 6.85. The summed E-state index contributed by atoms with van der Waals surface area (Å²) in [5.74, 6) is 0.975. The number of thiazole rings is 1. The van der Waals surface area contributed by atoms with Crippen LogP contribution in [0.15, 0.2) is 6.20 Å². The molecule has 2 nitrogen and oxygen atoms in total. The summed E-state index contributed by atoms with van der Waals surface area (Å²) >= 11 is 1.56. The summed E-state index contributed by atoms with van der Waals surface area (Å²) in [6, 6.07) is 0. The molecule has 1 saturated carbocycles. The zero-order chi connectivity index (χ0) is 9.26. The second-order valence-electron chi connectivity index (χ2n) is 3.68. The fourth-order valence-corrected chi connectivity index (χ4v) is 2.44. The van der Waals surface area contributed by atoms with Crippen molar-refractivity contribution in [1.82, 2.24) is 4.98 Å². The predicted molar refractivity (Wildman–Crippen MR) is 53.2 cm³/mol. The van der Waals surface area contributed by atoms with Crippen molar-refractivity contribution in [3.05, 3.63) is 16.1 Å². The molecule has 1 aliphatic carbocycles. The lowest BCUT2D eigenvalue weighted by Crippen LogP contribution is -2.13. The Morgan fingerprint density at radius 2 is 2.46 bits per heavy atom. The van der Waals surface area contributed by atoms with Crippen molar-refractivity contribution >= 4 is 17.1 Å². The molecule has 1 fully saturated rings. The SMILES string of the molecule is CC(=O)c1cnc(CC2CCC2)s1. The van der Waals surface area contributed by atoms with E-state index in [1.807, 2.05) is 0 Å². The number of nitrogens with zero attached hydrogens (tertiary/aromatic N) is 1. The topological polar surface area (TPSA) is 30.0 Å². The minimum atomic E-state index is 0.136. The first kappa shape index (κ1) is 8.88. The predicted octanol–water partition coefficient (Wildman–Crippen LogP) is 2.69. The minimum absolute atomic E-state index is 0.136. The van der Waals surface area contributed by atoms with Crippen LogP contribution in [0.2, 0.25) is 0 Å². The summed E-state index contributed by atoms with van der Waals surface area (Å²) in [5.41, 5.74) is 0. The molecule has 0 saturated heterocycles. The van der Waals surface area contributed by atoms with Crippen molar-refractivity contribution in [2.24, 2.45) is 5.92 Å². The van der Waals surface area contributed by atoms with Gasteiger partial charge in [0.2, 0.25) is 0 Å². The molecule has 1 heterocycles. The van der Waals surface area contributed by atoms with Crippen molar-refractivity contribution in [2.75, 3.05) is 0 Å². The van der Waals surface area contributed by atoms with Crippen LogP contribution in [-0.2, 0) is 6.42 Å². The van der Waals surface area contributed by atoms with Crippen LogP contribution in [0.3, 0.4) is 0 Å². The molecule has 1 aromatic rings. The van der Waals surface area contributed by atoms with Gasteiger partial charge in [-0.15, -0.1) is 11.3 Å². The molecule has 0 spiro atoms. The summed E-state index contributed by atoms with van der Waals surface area (Å²) < 4.78 is 0. The van der Waals surface area contributed by atoms with Gasteiger partial charge in [-0.2, -0.15) is 0 Å². The second-order valence-corrected chi connectivity index (χ2v) is 4.79. The van der Waals surface area contributed by atoms with Crippen LogP contribution in [-0.4, -0.2) is 10.8 Å². The van der Waals surface area contributed by atoms with Crippen LogP contribution in [0.4, 0.5) is 0 Å². The Hall–Kier alpha value is -0.700. The maximum Gasteiger partial charge on any atom is 0.171 e. The third kappa shape index (κ3) is 1.97. The fourth-order valence-electron chi connectivity index (χ4n) is 1.51. The van der Waals surface area contributed by atoms with Gasteiger partial charge in [-0.1, -0.05) is 19.3 Å². The zero-order valence-corrected chi connectivity index (χ0v) is 8.56. The molecule has 3 heteroatoms. The van der Waals surface area contributed by atoms with Gasteiger partial charge >= 0.3 is 0 Å². The Morgan fingerprint density at radius 1 is 1.69 bits per heavy atom. The number of aromatic nitrogens is 1. The molecule has 0 unspecified atom stereocenters. The van der Waals surface area contributed by atoms with E-state index in [4.69, 9.17) is 0 Å². The van der Waals surface area contributed by atoms with Crippen molar-refractivity contribution in [1.29, 1.82) is 0 Å². The van der Waals surface area contributed by atoms with E-state index >= 15 is 0 Å². The molecule has 70 valence electrons. The molecule has 0 radical (unpaired) electrons. The van der Waals surface area contributed by atoms with Gasteiger partial charge in [0.25, 0.3) is 0 Å². The molecular weight excluding hydrogens is 182 g/mol. The van der Waals surface area contributed by atoms with E-state index in [2.05, 4.69) is 4.98 Å². The largest absolute Gasteiger partial charge is 0.294 e. The first-order chi connectivity index (χ1) is 6.25. The Bertz CT molecular complexity index is 314. The lowest BCUT2D eigenvalue weighted by molar-refractivity contribution is 0.102. The van der Waals surface area contributed by atoms with E-state index in [1.165, 1.54) is 19.3 Å². The maximum absolute atomic E-state index is 11.0. The number of hydrogen-bond donors (Lipinski definition) is 0.